The summed E-state index contributed by atoms with van der Waals surface area (Å²) in [6, 6.07) is 0. The zero-order valence-electron chi connectivity index (χ0n) is 9.02. The molecule has 0 unspecified atom stereocenters. The third-order valence-electron chi connectivity index (χ3n) is 0.166. The van der Waals surface area contributed by atoms with Gasteiger partial charge in [-0.3, -0.25) is 14.4 Å². The minimum absolute atomic E-state index is 0.468. The monoisotopic (exact) mass is 223 g/mol. The number of carbonyl (C=O) groups excluding carboxylic acids is 1. The third kappa shape index (κ3) is 102000. The van der Waals surface area contributed by atoms with Crippen molar-refractivity contribution in [3.8, 4) is 0 Å². The molecule has 0 aliphatic carbocycles. The zero-order chi connectivity index (χ0) is 13.4. The van der Waals surface area contributed by atoms with Gasteiger partial charge in [0.2, 0.25) is 0 Å². The number of carbonyl (C=O) groups is 3. The van der Waals surface area contributed by atoms with E-state index in [4.69, 9.17) is 19.8 Å². The average molecular weight is 223 g/mol. The highest BCUT2D eigenvalue weighted by atomic mass is 16.7. The van der Waals surface area contributed by atoms with Gasteiger partial charge in [-0.05, 0) is 0 Å². The first kappa shape index (κ1) is 23.2. The molecule has 15 heavy (non-hydrogen) atoms. The van der Waals surface area contributed by atoms with Crippen LogP contribution in [0.4, 0.5) is 0 Å². The van der Waals surface area contributed by atoms with E-state index in [1.54, 1.807) is 0 Å². The van der Waals surface area contributed by atoms with Gasteiger partial charge in [-0.2, -0.15) is 5.90 Å². The van der Waals surface area contributed by atoms with Crippen molar-refractivity contribution in [1.29, 1.82) is 0 Å². The Balaban J connectivity index is -0.0000000562. The first-order chi connectivity index (χ1) is 6.73. The maximum absolute atomic E-state index is 9.47. The molecule has 0 saturated carbocycles. The molecule has 0 rings (SSSR count). The molecule has 0 fully saturated rings. The molecule has 0 atom stereocenters. The van der Waals surface area contributed by atoms with Gasteiger partial charge in [0.05, 0.1) is 0 Å². The summed E-state index contributed by atoms with van der Waals surface area (Å²) in [6.45, 7) is 9.40. The fraction of sp³-hybridized carbons (Fsp3) is 0.375. The van der Waals surface area contributed by atoms with Crippen molar-refractivity contribution in [3.63, 3.8) is 0 Å². The Morgan fingerprint density at radius 2 is 1.07 bits per heavy atom. The molecule has 0 heterocycles. The lowest BCUT2D eigenvalue weighted by atomic mass is 10.8. The first-order valence-electron chi connectivity index (χ1n) is 3.50. The number of hydrogen-bond donors (Lipinski definition) is 3. The molecule has 90 valence electrons. The van der Waals surface area contributed by atoms with Gasteiger partial charge in [0.15, 0.2) is 0 Å². The van der Waals surface area contributed by atoms with Crippen molar-refractivity contribution in [1.82, 2.24) is 0 Å². The Labute approximate surface area is 88.1 Å². The van der Waals surface area contributed by atoms with Gasteiger partial charge >= 0.3 is 5.97 Å². The summed E-state index contributed by atoms with van der Waals surface area (Å²) in [5.74, 6) is 2.19. The zero-order valence-corrected chi connectivity index (χ0v) is 9.02. The van der Waals surface area contributed by atoms with E-state index < -0.39 is 17.9 Å². The van der Waals surface area contributed by atoms with Crippen molar-refractivity contribution in [3.05, 3.63) is 13.2 Å². The van der Waals surface area contributed by atoms with E-state index in [1.165, 1.54) is 6.92 Å². The number of aliphatic carboxylic acids is 2. The molecule has 0 bridgehead atoms. The molecule has 0 aliphatic rings. The van der Waals surface area contributed by atoms with Crippen LogP contribution < -0.4 is 5.90 Å². The SMILES string of the molecule is C=C.CC(=O)O.CC(=O)O.CC(=O)ON. The van der Waals surface area contributed by atoms with Crippen molar-refractivity contribution in [2.75, 3.05) is 0 Å². The van der Waals surface area contributed by atoms with Gasteiger partial charge in [0.25, 0.3) is 11.9 Å². The Morgan fingerprint density at radius 3 is 1.07 bits per heavy atom. The Hall–Kier alpha value is -1.89. The fourth-order valence-electron chi connectivity index (χ4n) is 0. The van der Waals surface area contributed by atoms with Crippen LogP contribution in [-0.4, -0.2) is 28.1 Å². The van der Waals surface area contributed by atoms with Crippen LogP contribution in [0, 0.1) is 0 Å². The van der Waals surface area contributed by atoms with Crippen LogP contribution in [0.25, 0.3) is 0 Å². The molecule has 0 aromatic rings. The van der Waals surface area contributed by atoms with Crippen molar-refractivity contribution in [2.45, 2.75) is 20.8 Å². The standard InChI is InChI=1S/C2H5NO2.2C2H4O2.C2H4/c1-2(4)5-3;2*1-2(3)4;1-2/h3H2,1H3;2*1H3,(H,3,4);1-2H2. The van der Waals surface area contributed by atoms with Crippen molar-refractivity contribution < 1.29 is 29.4 Å². The van der Waals surface area contributed by atoms with E-state index in [9.17, 15) is 4.79 Å². The van der Waals surface area contributed by atoms with Crippen LogP contribution in [0.3, 0.4) is 0 Å². The minimum atomic E-state index is -0.833. The fourth-order valence-corrected chi connectivity index (χ4v) is 0. The van der Waals surface area contributed by atoms with Crippen LogP contribution in [-0.2, 0) is 19.2 Å². The Kier molecular flexibility index (Phi) is 35.1. The molecule has 0 spiro atoms. The Bertz CT molecular complexity index is 160. The lowest BCUT2D eigenvalue weighted by Gasteiger charge is -1.79. The second-order valence-corrected chi connectivity index (χ2v) is 1.65. The second kappa shape index (κ2) is 22.7. The van der Waals surface area contributed by atoms with E-state index in [2.05, 4.69) is 23.9 Å². The number of rotatable bonds is 0. The predicted octanol–water partition coefficient (Wildman–Crippen LogP) is 0.407. The van der Waals surface area contributed by atoms with Gasteiger partial charge in [-0.1, -0.05) is 0 Å². The molecule has 0 aliphatic heterocycles. The molecule has 0 radical (unpaired) electrons. The minimum Gasteiger partial charge on any atom is -0.481 e. The number of carboxylic acid groups (broad SMARTS) is 2. The second-order valence-electron chi connectivity index (χ2n) is 1.65. The summed E-state index contributed by atoms with van der Waals surface area (Å²) in [6.07, 6.45) is 0. The maximum Gasteiger partial charge on any atom is 0.321 e. The normalized spacial score (nSPS) is 5.87. The van der Waals surface area contributed by atoms with E-state index in [0.29, 0.717) is 0 Å². The smallest absolute Gasteiger partial charge is 0.321 e. The highest BCUT2D eigenvalue weighted by Crippen LogP contribution is 1.55. The number of hydrogen-bond acceptors (Lipinski definition) is 5. The molecule has 0 aromatic carbocycles. The summed E-state index contributed by atoms with van der Waals surface area (Å²) in [5.41, 5.74) is 0. The first-order valence-corrected chi connectivity index (χ1v) is 3.50. The molecule has 4 N–H and O–H groups in total. The topological polar surface area (TPSA) is 127 Å². The van der Waals surface area contributed by atoms with Gasteiger partial charge in [-0.25, -0.2) is 0 Å². The van der Waals surface area contributed by atoms with Gasteiger partial charge in [-0.15, -0.1) is 13.2 Å². The van der Waals surface area contributed by atoms with Crippen LogP contribution in [0.2, 0.25) is 0 Å². The third-order valence-corrected chi connectivity index (χ3v) is 0.166. The predicted molar refractivity (Wildman–Crippen MR) is 53.8 cm³/mol. The van der Waals surface area contributed by atoms with E-state index in [-0.39, 0.29) is 0 Å². The molecule has 0 amide bonds. The molecule has 7 heteroatoms. The molecule has 7 nitrogen and oxygen atoms in total. The molecular weight excluding hydrogens is 206 g/mol. The highest BCUT2D eigenvalue weighted by Gasteiger charge is 1.77. The van der Waals surface area contributed by atoms with Crippen LogP contribution in [0.1, 0.15) is 20.8 Å². The molecule has 0 aromatic heterocycles. The lowest BCUT2D eigenvalue weighted by Crippen LogP contribution is -2.03. The van der Waals surface area contributed by atoms with E-state index >= 15 is 0 Å². The summed E-state index contributed by atoms with van der Waals surface area (Å²) >= 11 is 0. The summed E-state index contributed by atoms with van der Waals surface area (Å²) < 4.78 is 0. The molecular formula is C8H17NO6. The van der Waals surface area contributed by atoms with Crippen molar-refractivity contribution in [2.24, 2.45) is 5.90 Å². The molecule has 0 saturated heterocycles. The van der Waals surface area contributed by atoms with Crippen LogP contribution >= 0.6 is 0 Å². The average Bonchev–Trinajstić information content (AvgIpc) is 2.06. The Morgan fingerprint density at radius 1 is 1.00 bits per heavy atom. The summed E-state index contributed by atoms with van der Waals surface area (Å²) in [7, 11) is 0. The summed E-state index contributed by atoms with van der Waals surface area (Å²) in [5, 5.41) is 14.8. The largest absolute Gasteiger partial charge is 0.481 e. The van der Waals surface area contributed by atoms with Crippen LogP contribution in [0.5, 0.6) is 0 Å². The van der Waals surface area contributed by atoms with Gasteiger partial charge in [0, 0.05) is 20.8 Å². The lowest BCUT2D eigenvalue weighted by molar-refractivity contribution is -0.141. The van der Waals surface area contributed by atoms with Crippen LogP contribution in [0.15, 0.2) is 13.2 Å². The highest BCUT2D eigenvalue weighted by molar-refractivity contribution is 5.65. The number of nitrogens with two attached hydrogens (primary N) is 1. The van der Waals surface area contributed by atoms with Crippen molar-refractivity contribution >= 4 is 17.9 Å². The van der Waals surface area contributed by atoms with Gasteiger partial charge < -0.3 is 15.1 Å². The van der Waals surface area contributed by atoms with Gasteiger partial charge in [0.1, 0.15) is 0 Å². The van der Waals surface area contributed by atoms with E-state index in [0.717, 1.165) is 13.8 Å². The quantitative estimate of drug-likeness (QED) is 0.400. The number of carboxylic acids is 2. The van der Waals surface area contributed by atoms with E-state index in [1.807, 2.05) is 0 Å². The maximum atomic E-state index is 9.47. The summed E-state index contributed by atoms with van der Waals surface area (Å²) in [4.78, 5) is 31.1.